The van der Waals surface area contributed by atoms with Crippen LogP contribution in [-0.4, -0.2) is 28.1 Å². The van der Waals surface area contributed by atoms with E-state index in [1.54, 1.807) is 48.1 Å². The Labute approximate surface area is 126 Å². The monoisotopic (exact) mass is 304 g/mol. The molecule has 2 aromatic rings. The highest BCUT2D eigenvalue weighted by Gasteiger charge is 2.37. The summed E-state index contributed by atoms with van der Waals surface area (Å²) >= 11 is 5.91. The number of para-hydroxylation sites is 1. The maximum absolute atomic E-state index is 12.7. The molecule has 6 heteroatoms. The lowest BCUT2D eigenvalue weighted by molar-refractivity contribution is -0.138. The van der Waals surface area contributed by atoms with E-state index >= 15 is 0 Å². The first-order valence-electron chi connectivity index (χ1n) is 6.44. The van der Waals surface area contributed by atoms with E-state index in [2.05, 4.69) is 0 Å². The van der Waals surface area contributed by atoms with E-state index in [9.17, 15) is 14.7 Å². The van der Waals surface area contributed by atoms with Crippen LogP contribution >= 0.6 is 11.6 Å². The van der Waals surface area contributed by atoms with Crippen LogP contribution in [-0.2, 0) is 11.8 Å². The number of aryl methyl sites for hydroxylation is 1. The number of carbonyl (C=O) groups is 2. The third-order valence-electron chi connectivity index (χ3n) is 3.70. The Balaban J connectivity index is 2.02. The molecule has 0 saturated heterocycles. The third kappa shape index (κ3) is 2.19. The van der Waals surface area contributed by atoms with Crippen LogP contribution in [0.3, 0.4) is 0 Å². The molecule has 1 aliphatic heterocycles. The van der Waals surface area contributed by atoms with Crippen molar-refractivity contribution in [1.82, 2.24) is 4.57 Å². The van der Waals surface area contributed by atoms with E-state index in [0.717, 1.165) is 0 Å². The van der Waals surface area contributed by atoms with Gasteiger partial charge < -0.3 is 14.6 Å². The minimum atomic E-state index is -0.928. The molecule has 0 aliphatic carbocycles. The van der Waals surface area contributed by atoms with Crippen LogP contribution < -0.4 is 4.90 Å². The second kappa shape index (κ2) is 4.93. The van der Waals surface area contributed by atoms with Crippen LogP contribution in [0.25, 0.3) is 0 Å². The number of anilines is 1. The number of hydrogen-bond acceptors (Lipinski definition) is 2. The molecule has 3 rings (SSSR count). The van der Waals surface area contributed by atoms with Crippen molar-refractivity contribution in [2.45, 2.75) is 5.92 Å². The average Bonchev–Trinajstić information content (AvgIpc) is 2.98. The van der Waals surface area contributed by atoms with Crippen molar-refractivity contribution in [3.63, 3.8) is 0 Å². The van der Waals surface area contributed by atoms with Crippen molar-refractivity contribution in [3.05, 3.63) is 52.8 Å². The van der Waals surface area contributed by atoms with Gasteiger partial charge >= 0.3 is 5.97 Å². The fraction of sp³-hybridized carbons (Fsp3) is 0.200. The van der Waals surface area contributed by atoms with Crippen molar-refractivity contribution in [2.24, 2.45) is 7.05 Å². The minimum absolute atomic E-state index is 0.135. The summed E-state index contributed by atoms with van der Waals surface area (Å²) in [6, 6.07) is 8.67. The SMILES string of the molecule is Cn1cc(Cl)cc1C(=O)N1C[C@H](C(=O)O)c2ccccc21. The van der Waals surface area contributed by atoms with Gasteiger partial charge in [0.2, 0.25) is 0 Å². The van der Waals surface area contributed by atoms with Crippen LogP contribution in [0.15, 0.2) is 36.5 Å². The number of rotatable bonds is 2. The third-order valence-corrected chi connectivity index (χ3v) is 3.91. The minimum Gasteiger partial charge on any atom is -0.481 e. The van der Waals surface area contributed by atoms with Crippen molar-refractivity contribution < 1.29 is 14.7 Å². The van der Waals surface area contributed by atoms with Gasteiger partial charge in [0.1, 0.15) is 11.6 Å². The van der Waals surface area contributed by atoms with Gasteiger partial charge in [-0.2, -0.15) is 0 Å². The number of hydrogen-bond donors (Lipinski definition) is 1. The van der Waals surface area contributed by atoms with Crippen LogP contribution in [0.1, 0.15) is 22.0 Å². The topological polar surface area (TPSA) is 62.5 Å². The van der Waals surface area contributed by atoms with Crippen LogP contribution in [0.5, 0.6) is 0 Å². The van der Waals surface area contributed by atoms with Crippen molar-refractivity contribution >= 4 is 29.2 Å². The summed E-state index contributed by atoms with van der Waals surface area (Å²) in [4.78, 5) is 25.5. The molecule has 0 saturated carbocycles. The van der Waals surface area contributed by atoms with Crippen molar-refractivity contribution in [2.75, 3.05) is 11.4 Å². The van der Waals surface area contributed by atoms with Gasteiger partial charge in [0.15, 0.2) is 0 Å². The largest absolute Gasteiger partial charge is 0.481 e. The quantitative estimate of drug-likeness (QED) is 0.927. The summed E-state index contributed by atoms with van der Waals surface area (Å²) in [6.07, 6.45) is 1.64. The van der Waals surface area contributed by atoms with Crippen molar-refractivity contribution in [3.8, 4) is 0 Å². The van der Waals surface area contributed by atoms with E-state index < -0.39 is 11.9 Å². The predicted octanol–water partition coefficient (Wildman–Crippen LogP) is 2.51. The lowest BCUT2D eigenvalue weighted by Crippen LogP contribution is -2.32. The highest BCUT2D eigenvalue weighted by Crippen LogP contribution is 2.37. The summed E-state index contributed by atoms with van der Waals surface area (Å²) in [5.41, 5.74) is 1.74. The van der Waals surface area contributed by atoms with Gasteiger partial charge in [-0.3, -0.25) is 9.59 Å². The Morgan fingerprint density at radius 1 is 1.33 bits per heavy atom. The van der Waals surface area contributed by atoms with Gasteiger partial charge in [0.25, 0.3) is 5.91 Å². The molecular weight excluding hydrogens is 292 g/mol. The number of amides is 1. The predicted molar refractivity (Wildman–Crippen MR) is 78.9 cm³/mol. The lowest BCUT2D eigenvalue weighted by atomic mass is 10.0. The van der Waals surface area contributed by atoms with Gasteiger partial charge in [0, 0.05) is 25.5 Å². The Bertz CT molecular complexity index is 738. The smallest absolute Gasteiger partial charge is 0.312 e. The Morgan fingerprint density at radius 2 is 2.05 bits per heavy atom. The number of aromatic nitrogens is 1. The molecule has 1 aromatic heterocycles. The Morgan fingerprint density at radius 3 is 2.67 bits per heavy atom. The molecule has 2 heterocycles. The molecule has 1 atom stereocenters. The molecule has 1 amide bonds. The van der Waals surface area contributed by atoms with Crippen molar-refractivity contribution in [1.29, 1.82) is 0 Å². The molecule has 0 spiro atoms. The number of aliphatic carboxylic acids is 1. The molecular formula is C15H13ClN2O3. The zero-order valence-corrected chi connectivity index (χ0v) is 12.0. The second-order valence-corrected chi connectivity index (χ2v) is 5.46. The molecule has 0 fully saturated rings. The summed E-state index contributed by atoms with van der Waals surface area (Å²) < 4.78 is 1.64. The maximum Gasteiger partial charge on any atom is 0.312 e. The van der Waals surface area contributed by atoms with Crippen LogP contribution in [0.2, 0.25) is 5.02 Å². The molecule has 0 unspecified atom stereocenters. The van der Waals surface area contributed by atoms with E-state index in [1.165, 1.54) is 4.90 Å². The fourth-order valence-electron chi connectivity index (χ4n) is 2.69. The Kier molecular flexibility index (Phi) is 3.22. The molecule has 1 aliphatic rings. The molecule has 108 valence electrons. The van der Waals surface area contributed by atoms with Gasteiger partial charge in [0.05, 0.1) is 5.02 Å². The first kappa shape index (κ1) is 13.7. The second-order valence-electron chi connectivity index (χ2n) is 5.02. The molecule has 1 aromatic carbocycles. The van der Waals surface area contributed by atoms with Gasteiger partial charge in [-0.15, -0.1) is 0 Å². The standard InChI is InChI=1S/C15H13ClN2O3/c1-17-7-9(16)6-13(17)14(19)18-8-11(15(20)21)10-4-2-3-5-12(10)18/h2-7,11H,8H2,1H3,(H,20,21)/t11-/m0/s1. The number of carboxylic acid groups (broad SMARTS) is 1. The highest BCUT2D eigenvalue weighted by atomic mass is 35.5. The summed E-state index contributed by atoms with van der Waals surface area (Å²) in [5.74, 6) is -1.87. The zero-order valence-electron chi connectivity index (χ0n) is 11.3. The van der Waals surface area contributed by atoms with Gasteiger partial charge in [-0.1, -0.05) is 29.8 Å². The number of nitrogens with zero attached hydrogens (tertiary/aromatic N) is 2. The number of benzene rings is 1. The van der Waals surface area contributed by atoms with Crippen LogP contribution in [0.4, 0.5) is 5.69 Å². The van der Waals surface area contributed by atoms with E-state index in [4.69, 9.17) is 11.6 Å². The zero-order chi connectivity index (χ0) is 15.1. The summed E-state index contributed by atoms with van der Waals surface area (Å²) in [5, 5.41) is 9.80. The average molecular weight is 305 g/mol. The Hall–Kier alpha value is -2.27. The summed E-state index contributed by atoms with van der Waals surface area (Å²) in [7, 11) is 1.73. The normalized spacial score (nSPS) is 16.9. The van der Waals surface area contributed by atoms with E-state index in [0.29, 0.717) is 22.0 Å². The first-order valence-corrected chi connectivity index (χ1v) is 6.82. The molecule has 0 radical (unpaired) electrons. The first-order chi connectivity index (χ1) is 9.99. The maximum atomic E-state index is 12.7. The van der Waals surface area contributed by atoms with E-state index in [-0.39, 0.29) is 12.5 Å². The molecule has 1 N–H and O–H groups in total. The lowest BCUT2D eigenvalue weighted by Gasteiger charge is -2.17. The number of carboxylic acids is 1. The fourth-order valence-corrected chi connectivity index (χ4v) is 2.94. The molecule has 21 heavy (non-hydrogen) atoms. The highest BCUT2D eigenvalue weighted by molar-refractivity contribution is 6.31. The molecule has 0 bridgehead atoms. The van der Waals surface area contributed by atoms with Gasteiger partial charge in [-0.05, 0) is 17.7 Å². The summed E-state index contributed by atoms with van der Waals surface area (Å²) in [6.45, 7) is 0.135. The van der Waals surface area contributed by atoms with Crippen LogP contribution in [0, 0.1) is 0 Å². The molecule has 5 nitrogen and oxygen atoms in total. The number of carbonyl (C=O) groups excluding carboxylic acids is 1. The van der Waals surface area contributed by atoms with Gasteiger partial charge in [-0.25, -0.2) is 0 Å². The number of fused-ring (bicyclic) bond motifs is 1. The van der Waals surface area contributed by atoms with E-state index in [1.807, 2.05) is 0 Å². The number of halogens is 1.